The molecule has 0 aliphatic rings. The van der Waals surface area contributed by atoms with Gasteiger partial charge in [0.05, 0.1) is 5.56 Å². The fourth-order valence-corrected chi connectivity index (χ4v) is 2.24. The smallest absolute Gasteiger partial charge is 0.254 e. The molecule has 4 heteroatoms. The molecule has 0 heterocycles. The summed E-state index contributed by atoms with van der Waals surface area (Å²) in [4.78, 5) is 12.0. The summed E-state index contributed by atoms with van der Waals surface area (Å²) in [7, 11) is 0. The van der Waals surface area contributed by atoms with Crippen LogP contribution in [0.15, 0.2) is 22.7 Å². The van der Waals surface area contributed by atoms with Gasteiger partial charge in [-0.2, -0.15) is 0 Å². The Labute approximate surface area is 122 Å². The highest BCUT2D eigenvalue weighted by atomic mass is 79.9. The monoisotopic (exact) mass is 329 g/mol. The van der Waals surface area contributed by atoms with E-state index in [1.165, 1.54) is 12.1 Å². The van der Waals surface area contributed by atoms with E-state index in [0.717, 1.165) is 19.3 Å². The Kier molecular flexibility index (Phi) is 6.49. The zero-order valence-electron chi connectivity index (χ0n) is 11.7. The second-order valence-electron chi connectivity index (χ2n) is 5.32. The van der Waals surface area contributed by atoms with Gasteiger partial charge in [-0.1, -0.05) is 42.6 Å². The van der Waals surface area contributed by atoms with Crippen molar-refractivity contribution >= 4 is 21.8 Å². The molecule has 0 bridgehead atoms. The van der Waals surface area contributed by atoms with Crippen LogP contribution in [0.5, 0.6) is 0 Å². The van der Waals surface area contributed by atoms with Crippen LogP contribution < -0.4 is 5.32 Å². The first-order valence-electron chi connectivity index (χ1n) is 6.66. The highest BCUT2D eigenvalue weighted by Gasteiger charge is 2.14. The number of nitrogens with one attached hydrogen (secondary N) is 1. The lowest BCUT2D eigenvalue weighted by atomic mass is 10.0. The minimum absolute atomic E-state index is 0.0598. The first-order chi connectivity index (χ1) is 8.90. The van der Waals surface area contributed by atoms with Crippen LogP contribution in [-0.4, -0.2) is 11.9 Å². The summed E-state index contributed by atoms with van der Waals surface area (Å²) in [6.07, 6.45) is 3.13. The minimum Gasteiger partial charge on any atom is -0.349 e. The van der Waals surface area contributed by atoms with Gasteiger partial charge in [0.1, 0.15) is 5.82 Å². The third-order valence-electron chi connectivity index (χ3n) is 2.97. The van der Waals surface area contributed by atoms with Crippen LogP contribution in [0.3, 0.4) is 0 Å². The van der Waals surface area contributed by atoms with Gasteiger partial charge in [-0.3, -0.25) is 4.79 Å². The lowest BCUT2D eigenvalue weighted by Gasteiger charge is -2.15. The van der Waals surface area contributed by atoms with Crippen molar-refractivity contribution in [3.63, 3.8) is 0 Å². The maximum Gasteiger partial charge on any atom is 0.254 e. The Morgan fingerprint density at radius 1 is 1.32 bits per heavy atom. The first-order valence-corrected chi connectivity index (χ1v) is 7.45. The van der Waals surface area contributed by atoms with Crippen LogP contribution in [0.25, 0.3) is 0 Å². The zero-order chi connectivity index (χ0) is 14.4. The molecule has 0 radical (unpaired) electrons. The minimum atomic E-state index is -0.491. The van der Waals surface area contributed by atoms with Crippen molar-refractivity contribution in [1.82, 2.24) is 5.32 Å². The quantitative estimate of drug-likeness (QED) is 0.816. The summed E-state index contributed by atoms with van der Waals surface area (Å²) >= 11 is 3.24. The molecular weight excluding hydrogens is 309 g/mol. The van der Waals surface area contributed by atoms with E-state index in [2.05, 4.69) is 35.1 Å². The van der Waals surface area contributed by atoms with Crippen molar-refractivity contribution < 1.29 is 9.18 Å². The third kappa shape index (κ3) is 5.72. The van der Waals surface area contributed by atoms with Gasteiger partial charge in [0.15, 0.2) is 0 Å². The summed E-state index contributed by atoms with van der Waals surface area (Å²) in [5.41, 5.74) is 0.0880. The van der Waals surface area contributed by atoms with Gasteiger partial charge in [-0.25, -0.2) is 4.39 Å². The third-order valence-corrected chi connectivity index (χ3v) is 3.46. The molecule has 1 N–H and O–H groups in total. The number of rotatable bonds is 6. The molecule has 0 fully saturated rings. The summed E-state index contributed by atoms with van der Waals surface area (Å²) in [6.45, 7) is 6.31. The van der Waals surface area contributed by atoms with Crippen LogP contribution in [0, 0.1) is 11.7 Å². The van der Waals surface area contributed by atoms with E-state index in [9.17, 15) is 9.18 Å². The Morgan fingerprint density at radius 3 is 2.63 bits per heavy atom. The topological polar surface area (TPSA) is 29.1 Å². The normalized spacial score (nSPS) is 12.5. The molecule has 19 heavy (non-hydrogen) atoms. The molecule has 0 spiro atoms. The lowest BCUT2D eigenvalue weighted by Crippen LogP contribution is -2.33. The number of carbonyl (C=O) groups is 1. The lowest BCUT2D eigenvalue weighted by molar-refractivity contribution is 0.0933. The average molecular weight is 330 g/mol. The number of hydrogen-bond acceptors (Lipinski definition) is 1. The molecule has 106 valence electrons. The van der Waals surface area contributed by atoms with Crippen molar-refractivity contribution in [3.8, 4) is 0 Å². The SMILES string of the molecule is CC(C)CCCC(C)NC(=O)c1cc(Br)ccc1F. The second-order valence-corrected chi connectivity index (χ2v) is 6.24. The van der Waals surface area contributed by atoms with E-state index in [0.29, 0.717) is 10.4 Å². The molecule has 0 aromatic heterocycles. The number of carbonyl (C=O) groups excluding carboxylic acids is 1. The molecule has 0 saturated carbocycles. The first kappa shape index (κ1) is 16.2. The second kappa shape index (κ2) is 7.63. The molecule has 0 saturated heterocycles. The van der Waals surface area contributed by atoms with E-state index in [-0.39, 0.29) is 17.5 Å². The molecule has 0 aliphatic carbocycles. The predicted octanol–water partition coefficient (Wildman–Crippen LogP) is 4.53. The Bertz CT molecular complexity index is 434. The highest BCUT2D eigenvalue weighted by molar-refractivity contribution is 9.10. The molecule has 1 aromatic carbocycles. The molecule has 1 unspecified atom stereocenters. The molecule has 1 rings (SSSR count). The van der Waals surface area contributed by atoms with Gasteiger partial charge in [0.2, 0.25) is 0 Å². The van der Waals surface area contributed by atoms with Gasteiger partial charge >= 0.3 is 0 Å². The van der Waals surface area contributed by atoms with Crippen LogP contribution in [-0.2, 0) is 0 Å². The van der Waals surface area contributed by atoms with Gasteiger partial charge < -0.3 is 5.32 Å². The van der Waals surface area contributed by atoms with Crippen LogP contribution >= 0.6 is 15.9 Å². The summed E-state index contributed by atoms with van der Waals surface area (Å²) in [5, 5.41) is 2.84. The van der Waals surface area contributed by atoms with Crippen molar-refractivity contribution in [3.05, 3.63) is 34.1 Å². The van der Waals surface area contributed by atoms with Crippen molar-refractivity contribution in [2.45, 2.75) is 46.1 Å². The summed E-state index contributed by atoms with van der Waals surface area (Å²) < 4.78 is 14.2. The molecule has 1 aromatic rings. The van der Waals surface area contributed by atoms with Gasteiger partial charge in [-0.15, -0.1) is 0 Å². The number of benzene rings is 1. The molecule has 1 amide bonds. The summed E-state index contributed by atoms with van der Waals surface area (Å²) in [6, 6.07) is 4.44. The number of amides is 1. The average Bonchev–Trinajstić information content (AvgIpc) is 2.31. The fraction of sp³-hybridized carbons (Fsp3) is 0.533. The van der Waals surface area contributed by atoms with E-state index in [1.54, 1.807) is 6.07 Å². The highest BCUT2D eigenvalue weighted by Crippen LogP contribution is 2.16. The van der Waals surface area contributed by atoms with E-state index in [4.69, 9.17) is 0 Å². The van der Waals surface area contributed by atoms with Gasteiger partial charge in [0, 0.05) is 10.5 Å². The molecule has 0 aliphatic heterocycles. The summed E-state index contributed by atoms with van der Waals surface area (Å²) in [5.74, 6) is -0.170. The Balaban J connectivity index is 2.52. The largest absolute Gasteiger partial charge is 0.349 e. The maximum absolute atomic E-state index is 13.5. The van der Waals surface area contributed by atoms with Gasteiger partial charge in [-0.05, 0) is 37.5 Å². The van der Waals surface area contributed by atoms with Crippen LogP contribution in [0.4, 0.5) is 4.39 Å². The Hall–Kier alpha value is -0.900. The van der Waals surface area contributed by atoms with E-state index < -0.39 is 5.82 Å². The Morgan fingerprint density at radius 2 is 2.00 bits per heavy atom. The molecular formula is C15H21BrFNO. The van der Waals surface area contributed by atoms with Crippen LogP contribution in [0.2, 0.25) is 0 Å². The standard InChI is InChI=1S/C15H21BrFNO/c1-10(2)5-4-6-11(3)18-15(19)13-9-12(16)7-8-14(13)17/h7-11H,4-6H2,1-3H3,(H,18,19). The van der Waals surface area contributed by atoms with Gasteiger partial charge in [0.25, 0.3) is 5.91 Å². The number of hydrogen-bond donors (Lipinski definition) is 1. The van der Waals surface area contributed by atoms with Crippen LogP contribution in [0.1, 0.15) is 50.4 Å². The maximum atomic E-state index is 13.5. The zero-order valence-corrected chi connectivity index (χ0v) is 13.3. The van der Waals surface area contributed by atoms with Crippen molar-refractivity contribution in [2.24, 2.45) is 5.92 Å². The molecule has 2 nitrogen and oxygen atoms in total. The number of halogens is 2. The van der Waals surface area contributed by atoms with E-state index >= 15 is 0 Å². The molecule has 1 atom stereocenters. The van der Waals surface area contributed by atoms with Crippen molar-refractivity contribution in [1.29, 1.82) is 0 Å². The van der Waals surface area contributed by atoms with E-state index in [1.807, 2.05) is 6.92 Å². The van der Waals surface area contributed by atoms with Crippen molar-refractivity contribution in [2.75, 3.05) is 0 Å². The fourth-order valence-electron chi connectivity index (χ4n) is 1.88. The predicted molar refractivity (Wildman–Crippen MR) is 79.7 cm³/mol.